The summed E-state index contributed by atoms with van der Waals surface area (Å²) in [5.74, 6) is 3.48. The van der Waals surface area contributed by atoms with Crippen LogP contribution in [0.15, 0.2) is 0 Å². The van der Waals surface area contributed by atoms with Crippen LogP contribution in [0.1, 0.15) is 32.1 Å². The quantitative estimate of drug-likeness (QED) is 0.717. The number of nitrogens with zero attached hydrogens (tertiary/aromatic N) is 1. The smallest absolute Gasteiger partial charge is 0.0222 e. The van der Waals surface area contributed by atoms with Gasteiger partial charge in [-0.1, -0.05) is 0 Å². The van der Waals surface area contributed by atoms with Crippen LogP contribution in [0, 0.1) is 23.2 Å². The first kappa shape index (κ1) is 8.93. The van der Waals surface area contributed by atoms with Crippen molar-refractivity contribution in [2.24, 2.45) is 23.2 Å². The molecule has 2 unspecified atom stereocenters. The second-order valence-corrected chi connectivity index (χ2v) is 7.22. The van der Waals surface area contributed by atoms with Gasteiger partial charge in [0.25, 0.3) is 0 Å². The molecule has 5 aliphatic rings. The molecule has 0 amide bonds. The molecule has 2 bridgehead atoms. The number of hydrogen-bond acceptors (Lipinski definition) is 2. The van der Waals surface area contributed by atoms with Gasteiger partial charge in [0.1, 0.15) is 0 Å². The van der Waals surface area contributed by atoms with E-state index in [4.69, 9.17) is 0 Å². The first-order chi connectivity index (χ1) is 7.83. The molecule has 2 nitrogen and oxygen atoms in total. The number of fused-ring (bicyclic) bond motifs is 1. The maximum Gasteiger partial charge on any atom is 0.0222 e. The van der Waals surface area contributed by atoms with Crippen molar-refractivity contribution in [3.05, 3.63) is 0 Å². The van der Waals surface area contributed by atoms with Gasteiger partial charge in [-0.15, -0.1) is 0 Å². The van der Waals surface area contributed by atoms with E-state index in [0.717, 1.165) is 17.3 Å². The fourth-order valence-corrected chi connectivity index (χ4v) is 6.54. The van der Waals surface area contributed by atoms with Gasteiger partial charge in [0.05, 0.1) is 0 Å². The predicted octanol–water partition coefficient (Wildman–Crippen LogP) is 1.47. The van der Waals surface area contributed by atoms with Crippen molar-refractivity contribution < 1.29 is 0 Å². The molecule has 0 aromatic heterocycles. The van der Waals surface area contributed by atoms with E-state index in [1.54, 1.807) is 32.1 Å². The standard InChI is InChI=1S/C14H22N2/c1-3-16(4-2-15-1)13-7-11-5-10-6-12(8-13)14(10,11)9-13/h10-12,15H,1-9H2. The summed E-state index contributed by atoms with van der Waals surface area (Å²) < 4.78 is 0. The average Bonchev–Trinajstić information content (AvgIpc) is 2.77. The van der Waals surface area contributed by atoms with E-state index in [1.165, 1.54) is 32.1 Å². The Balaban J connectivity index is 1.50. The molecule has 1 aliphatic heterocycles. The second-order valence-electron chi connectivity index (χ2n) is 7.22. The average molecular weight is 218 g/mol. The second kappa shape index (κ2) is 2.51. The maximum atomic E-state index is 3.51. The Hall–Kier alpha value is -0.0800. The van der Waals surface area contributed by atoms with Crippen molar-refractivity contribution in [1.29, 1.82) is 0 Å². The Labute approximate surface area is 97.8 Å². The van der Waals surface area contributed by atoms with Crippen LogP contribution in [0.5, 0.6) is 0 Å². The highest BCUT2D eigenvalue weighted by atomic mass is 15.3. The largest absolute Gasteiger partial charge is 0.314 e. The lowest BCUT2D eigenvalue weighted by Gasteiger charge is -2.66. The normalized spacial score (nSPS) is 62.6. The van der Waals surface area contributed by atoms with E-state index in [-0.39, 0.29) is 0 Å². The minimum absolute atomic E-state index is 0.683. The van der Waals surface area contributed by atoms with Crippen LogP contribution in [-0.4, -0.2) is 36.6 Å². The Morgan fingerprint density at radius 2 is 1.62 bits per heavy atom. The highest BCUT2D eigenvalue weighted by Crippen LogP contribution is 2.82. The lowest BCUT2D eigenvalue weighted by Crippen LogP contribution is -2.61. The Morgan fingerprint density at radius 3 is 2.19 bits per heavy atom. The van der Waals surface area contributed by atoms with E-state index < -0.39 is 0 Å². The van der Waals surface area contributed by atoms with Gasteiger partial charge in [0.2, 0.25) is 0 Å². The molecule has 16 heavy (non-hydrogen) atoms. The first-order valence-electron chi connectivity index (χ1n) is 7.29. The summed E-state index contributed by atoms with van der Waals surface area (Å²) in [6.45, 7) is 5.10. The summed E-state index contributed by atoms with van der Waals surface area (Å²) in [7, 11) is 0. The third kappa shape index (κ3) is 0.743. The van der Waals surface area contributed by atoms with Crippen LogP contribution in [0.25, 0.3) is 0 Å². The van der Waals surface area contributed by atoms with Crippen LogP contribution in [0.4, 0.5) is 0 Å². The van der Waals surface area contributed by atoms with Gasteiger partial charge in [0.15, 0.2) is 0 Å². The highest BCUT2D eigenvalue weighted by Gasteiger charge is 2.78. The molecule has 5 fully saturated rings. The summed E-state index contributed by atoms with van der Waals surface area (Å²) in [5.41, 5.74) is 1.59. The lowest BCUT2D eigenvalue weighted by atomic mass is 9.38. The van der Waals surface area contributed by atoms with E-state index in [2.05, 4.69) is 10.2 Å². The van der Waals surface area contributed by atoms with Crippen molar-refractivity contribution in [2.45, 2.75) is 37.6 Å². The van der Waals surface area contributed by atoms with Crippen LogP contribution in [0.2, 0.25) is 0 Å². The molecule has 1 N–H and O–H groups in total. The monoisotopic (exact) mass is 218 g/mol. The fraction of sp³-hybridized carbons (Fsp3) is 1.00. The summed E-state index contributed by atoms with van der Waals surface area (Å²) in [4.78, 5) is 2.88. The molecule has 1 heterocycles. The lowest BCUT2D eigenvalue weighted by molar-refractivity contribution is -0.178. The third-order valence-corrected chi connectivity index (χ3v) is 7.09. The van der Waals surface area contributed by atoms with Gasteiger partial charge in [0, 0.05) is 31.7 Å². The fourth-order valence-electron chi connectivity index (χ4n) is 6.54. The van der Waals surface area contributed by atoms with Gasteiger partial charge in [-0.25, -0.2) is 0 Å². The summed E-state index contributed by atoms with van der Waals surface area (Å²) in [6, 6.07) is 0. The molecule has 88 valence electrons. The Kier molecular flexibility index (Phi) is 1.40. The number of piperazine rings is 1. The molecule has 2 heteroatoms. The van der Waals surface area contributed by atoms with Crippen molar-refractivity contribution in [1.82, 2.24) is 10.2 Å². The van der Waals surface area contributed by atoms with E-state index in [0.29, 0.717) is 5.54 Å². The van der Waals surface area contributed by atoms with Crippen molar-refractivity contribution in [3.63, 3.8) is 0 Å². The van der Waals surface area contributed by atoms with Crippen LogP contribution < -0.4 is 5.32 Å². The Morgan fingerprint density at radius 1 is 0.938 bits per heavy atom. The Bertz CT molecular complexity index is 329. The van der Waals surface area contributed by atoms with Crippen LogP contribution in [-0.2, 0) is 0 Å². The zero-order chi connectivity index (χ0) is 10.4. The van der Waals surface area contributed by atoms with Crippen LogP contribution in [0.3, 0.4) is 0 Å². The van der Waals surface area contributed by atoms with Gasteiger partial charge in [-0.05, 0) is 55.3 Å². The molecule has 5 rings (SSSR count). The molecule has 2 atom stereocenters. The molecule has 0 aromatic rings. The van der Waals surface area contributed by atoms with Gasteiger partial charge in [-0.3, -0.25) is 4.90 Å². The molecule has 4 saturated carbocycles. The SMILES string of the molecule is C1CN(C23CC4CC5CC(C2)C54C3)CCN1. The highest BCUT2D eigenvalue weighted by molar-refractivity contribution is 5.29. The summed E-state index contributed by atoms with van der Waals surface area (Å²) in [6.07, 6.45) is 7.94. The molecule has 1 saturated heterocycles. The first-order valence-corrected chi connectivity index (χ1v) is 7.29. The minimum atomic E-state index is 0.683. The van der Waals surface area contributed by atoms with Crippen molar-refractivity contribution >= 4 is 0 Å². The maximum absolute atomic E-state index is 3.51. The van der Waals surface area contributed by atoms with E-state index >= 15 is 0 Å². The van der Waals surface area contributed by atoms with Crippen LogP contribution >= 0.6 is 0 Å². The molecular formula is C14H22N2. The number of rotatable bonds is 1. The van der Waals surface area contributed by atoms with Crippen molar-refractivity contribution in [2.75, 3.05) is 26.2 Å². The zero-order valence-corrected chi connectivity index (χ0v) is 10.0. The predicted molar refractivity (Wildman–Crippen MR) is 63.2 cm³/mol. The molecular weight excluding hydrogens is 196 g/mol. The molecule has 0 radical (unpaired) electrons. The van der Waals surface area contributed by atoms with E-state index in [1.807, 2.05) is 0 Å². The molecule has 0 aromatic carbocycles. The van der Waals surface area contributed by atoms with E-state index in [9.17, 15) is 0 Å². The number of nitrogens with one attached hydrogen (secondary N) is 1. The van der Waals surface area contributed by atoms with Gasteiger partial charge >= 0.3 is 0 Å². The minimum Gasteiger partial charge on any atom is -0.314 e. The van der Waals surface area contributed by atoms with Gasteiger partial charge < -0.3 is 5.32 Å². The van der Waals surface area contributed by atoms with Crippen molar-refractivity contribution in [3.8, 4) is 0 Å². The third-order valence-electron chi connectivity index (χ3n) is 7.09. The molecule has 4 aliphatic carbocycles. The molecule has 1 spiro atoms. The zero-order valence-electron chi connectivity index (χ0n) is 10.0. The number of hydrogen-bond donors (Lipinski definition) is 1. The van der Waals surface area contributed by atoms with Gasteiger partial charge in [-0.2, -0.15) is 0 Å². The topological polar surface area (TPSA) is 15.3 Å². The summed E-state index contributed by atoms with van der Waals surface area (Å²) in [5, 5.41) is 3.51. The summed E-state index contributed by atoms with van der Waals surface area (Å²) >= 11 is 0.